The second-order valence-corrected chi connectivity index (χ2v) is 8.05. The minimum Gasteiger partial charge on any atom is -0.506 e. The van der Waals surface area contributed by atoms with Gasteiger partial charge in [-0.05, 0) is 31.1 Å². The van der Waals surface area contributed by atoms with Crippen molar-refractivity contribution in [3.63, 3.8) is 0 Å². The Morgan fingerprint density at radius 3 is 2.52 bits per heavy atom. The number of aryl methyl sites for hydroxylation is 1. The maximum Gasteiger partial charge on any atom is 0.246 e. The third kappa shape index (κ3) is 4.67. The molecular weight excluding hydrogens is 392 g/mol. The van der Waals surface area contributed by atoms with Crippen molar-refractivity contribution in [1.82, 2.24) is 14.7 Å². The number of amides is 2. The van der Waals surface area contributed by atoms with E-state index in [0.717, 1.165) is 38.2 Å². The number of hydrogen-bond acceptors (Lipinski definition) is 5. The van der Waals surface area contributed by atoms with E-state index in [-0.39, 0.29) is 17.6 Å². The van der Waals surface area contributed by atoms with Gasteiger partial charge in [0.2, 0.25) is 11.8 Å². The molecule has 158 valence electrons. The lowest BCUT2D eigenvalue weighted by molar-refractivity contribution is -0.136. The summed E-state index contributed by atoms with van der Waals surface area (Å²) < 4.78 is 0. The summed E-state index contributed by atoms with van der Waals surface area (Å²) in [5.41, 5.74) is 1.44. The Hall–Kier alpha value is -2.25. The predicted octanol–water partition coefficient (Wildman–Crippen LogP) is 1.95. The van der Waals surface area contributed by atoms with E-state index in [0.29, 0.717) is 29.8 Å². The molecule has 0 saturated carbocycles. The Balaban J connectivity index is 1.51. The zero-order valence-corrected chi connectivity index (χ0v) is 17.8. The molecule has 2 amide bonds. The lowest BCUT2D eigenvalue weighted by atomic mass is 10.1. The molecule has 2 aliphatic heterocycles. The van der Waals surface area contributed by atoms with Gasteiger partial charge in [0.15, 0.2) is 0 Å². The van der Waals surface area contributed by atoms with Crippen LogP contribution in [-0.4, -0.2) is 83.0 Å². The van der Waals surface area contributed by atoms with Crippen LogP contribution >= 0.6 is 11.6 Å². The van der Waals surface area contributed by atoms with Crippen molar-refractivity contribution < 1.29 is 14.7 Å². The molecule has 0 spiro atoms. The van der Waals surface area contributed by atoms with Gasteiger partial charge in [-0.1, -0.05) is 25.1 Å². The number of nitrogens with one attached hydrogen (secondary N) is 1. The number of rotatable bonds is 6. The van der Waals surface area contributed by atoms with Gasteiger partial charge in [0.05, 0.1) is 5.69 Å². The van der Waals surface area contributed by atoms with Gasteiger partial charge in [0.25, 0.3) is 0 Å². The molecule has 8 heteroatoms. The summed E-state index contributed by atoms with van der Waals surface area (Å²) >= 11 is 6.12. The summed E-state index contributed by atoms with van der Waals surface area (Å²) in [5, 5.41) is 13.8. The summed E-state index contributed by atoms with van der Waals surface area (Å²) in [4.78, 5) is 30.4. The van der Waals surface area contributed by atoms with E-state index >= 15 is 0 Å². The van der Waals surface area contributed by atoms with Crippen LogP contribution in [0.25, 0.3) is 0 Å². The zero-order chi connectivity index (χ0) is 21.1. The lowest BCUT2D eigenvalue weighted by Crippen LogP contribution is -2.64. The molecule has 3 rings (SSSR count). The Bertz CT molecular complexity index is 786. The molecule has 2 saturated heterocycles. The van der Waals surface area contributed by atoms with Crippen LogP contribution in [0.3, 0.4) is 0 Å². The first-order valence-corrected chi connectivity index (χ1v) is 10.4. The molecule has 2 fully saturated rings. The minimum atomic E-state index is -0.456. The van der Waals surface area contributed by atoms with Crippen LogP contribution < -0.4 is 5.32 Å². The number of piperazine rings is 1. The summed E-state index contributed by atoms with van der Waals surface area (Å²) in [6.07, 6.45) is 2.10. The van der Waals surface area contributed by atoms with Crippen LogP contribution in [0.15, 0.2) is 24.8 Å². The molecule has 2 aliphatic rings. The first-order chi connectivity index (χ1) is 13.8. The molecule has 1 atom stereocenters. The largest absolute Gasteiger partial charge is 0.506 e. The van der Waals surface area contributed by atoms with E-state index in [1.54, 1.807) is 17.9 Å². The fourth-order valence-corrected chi connectivity index (χ4v) is 4.16. The number of carbonyl (C=O) groups is 2. The van der Waals surface area contributed by atoms with Gasteiger partial charge < -0.3 is 20.2 Å². The van der Waals surface area contributed by atoms with E-state index in [1.807, 2.05) is 11.8 Å². The number of anilines is 1. The van der Waals surface area contributed by atoms with Gasteiger partial charge in [0.1, 0.15) is 11.8 Å². The number of likely N-dealkylation sites (tertiary alicyclic amines) is 1. The predicted molar refractivity (Wildman–Crippen MR) is 114 cm³/mol. The van der Waals surface area contributed by atoms with Crippen LogP contribution in [-0.2, 0) is 16.0 Å². The molecule has 1 aromatic rings. The third-order valence-electron chi connectivity index (χ3n) is 5.78. The van der Waals surface area contributed by atoms with E-state index in [1.165, 1.54) is 12.1 Å². The molecule has 0 radical (unpaired) electrons. The van der Waals surface area contributed by atoms with E-state index in [4.69, 9.17) is 11.6 Å². The van der Waals surface area contributed by atoms with Gasteiger partial charge in [-0.25, -0.2) is 0 Å². The van der Waals surface area contributed by atoms with Gasteiger partial charge in [-0.15, -0.1) is 0 Å². The highest BCUT2D eigenvalue weighted by atomic mass is 35.5. The summed E-state index contributed by atoms with van der Waals surface area (Å²) in [5.74, 6) is 0.0287. The second-order valence-electron chi connectivity index (χ2n) is 7.64. The lowest BCUT2D eigenvalue weighted by Gasteiger charge is -2.48. The Labute approximate surface area is 176 Å². The van der Waals surface area contributed by atoms with Gasteiger partial charge in [0, 0.05) is 56.4 Å². The van der Waals surface area contributed by atoms with Crippen molar-refractivity contribution in [3.05, 3.63) is 35.4 Å². The van der Waals surface area contributed by atoms with Crippen molar-refractivity contribution >= 4 is 29.1 Å². The molecule has 0 aromatic heterocycles. The maximum absolute atomic E-state index is 12.8. The highest BCUT2D eigenvalue weighted by Crippen LogP contribution is 2.31. The first kappa shape index (κ1) is 21.5. The van der Waals surface area contributed by atoms with Crippen molar-refractivity contribution in [3.8, 4) is 5.75 Å². The van der Waals surface area contributed by atoms with E-state index < -0.39 is 6.04 Å². The third-order valence-corrected chi connectivity index (χ3v) is 6.13. The molecule has 2 N–H and O–H groups in total. The van der Waals surface area contributed by atoms with E-state index in [2.05, 4.69) is 16.8 Å². The summed E-state index contributed by atoms with van der Waals surface area (Å²) in [6, 6.07) is 3.22. The molecule has 0 bridgehead atoms. The monoisotopic (exact) mass is 420 g/mol. The second kappa shape index (κ2) is 9.05. The molecule has 0 aliphatic carbocycles. The first-order valence-electron chi connectivity index (χ1n) is 10.1. The van der Waals surface area contributed by atoms with Crippen LogP contribution in [0.1, 0.15) is 19.4 Å². The smallest absolute Gasteiger partial charge is 0.246 e. The average molecular weight is 421 g/mol. The Morgan fingerprint density at radius 2 is 1.93 bits per heavy atom. The number of carbonyl (C=O) groups excluding carboxylic acids is 2. The van der Waals surface area contributed by atoms with Gasteiger partial charge in [-0.3, -0.25) is 14.5 Å². The zero-order valence-electron chi connectivity index (χ0n) is 17.0. The van der Waals surface area contributed by atoms with Crippen molar-refractivity contribution in [2.75, 3.05) is 44.6 Å². The highest BCUT2D eigenvalue weighted by Gasteiger charge is 2.36. The number of nitrogens with zero attached hydrogens (tertiary/aromatic N) is 3. The van der Waals surface area contributed by atoms with Crippen LogP contribution in [0.5, 0.6) is 5.75 Å². The number of halogens is 1. The van der Waals surface area contributed by atoms with E-state index in [9.17, 15) is 14.7 Å². The fraction of sp³-hybridized carbons (Fsp3) is 0.524. The number of benzene rings is 1. The quantitative estimate of drug-likeness (QED) is 0.543. The van der Waals surface area contributed by atoms with Gasteiger partial charge >= 0.3 is 0 Å². The van der Waals surface area contributed by atoms with Gasteiger partial charge in [-0.2, -0.15) is 0 Å². The Morgan fingerprint density at radius 1 is 1.28 bits per heavy atom. The van der Waals surface area contributed by atoms with Crippen LogP contribution in [0.2, 0.25) is 5.02 Å². The molecule has 29 heavy (non-hydrogen) atoms. The maximum atomic E-state index is 12.8. The molecule has 2 heterocycles. The molecule has 1 aromatic carbocycles. The number of phenolic OH excluding ortho intramolecular Hbond substituents is 1. The Kier molecular flexibility index (Phi) is 6.70. The fourth-order valence-electron chi connectivity index (χ4n) is 3.87. The number of aromatic hydroxyl groups is 1. The standard InChI is InChI=1S/C21H29ClN4O3/c1-4-15-10-18(19(27)11-17(15)22)23-14(3)21(29)25-8-6-24(7-9-25)16-12-26(13-16)20(28)5-2/h5,10-11,14,16,23,27H,2,4,6-9,12-13H2,1,3H3/t14-/m1/s1. The summed E-state index contributed by atoms with van der Waals surface area (Å²) in [6.45, 7) is 11.7. The summed E-state index contributed by atoms with van der Waals surface area (Å²) in [7, 11) is 0. The highest BCUT2D eigenvalue weighted by molar-refractivity contribution is 6.31. The normalized spacial score (nSPS) is 18.9. The van der Waals surface area contributed by atoms with Crippen molar-refractivity contribution in [1.29, 1.82) is 0 Å². The minimum absolute atomic E-state index is 0.00844. The molecular formula is C21H29ClN4O3. The number of phenols is 1. The molecule has 0 unspecified atom stereocenters. The van der Waals surface area contributed by atoms with Crippen LogP contribution in [0.4, 0.5) is 5.69 Å². The topological polar surface area (TPSA) is 76.1 Å². The van der Waals surface area contributed by atoms with Crippen LogP contribution in [0, 0.1) is 0 Å². The number of hydrogen-bond donors (Lipinski definition) is 2. The van der Waals surface area contributed by atoms with Crippen molar-refractivity contribution in [2.45, 2.75) is 32.4 Å². The van der Waals surface area contributed by atoms with Crippen molar-refractivity contribution in [2.24, 2.45) is 0 Å². The molecule has 7 nitrogen and oxygen atoms in total. The SMILES string of the molecule is C=CC(=O)N1CC(N2CCN(C(=O)[C@@H](C)Nc3cc(CC)c(Cl)cc3O)CC2)C1. The average Bonchev–Trinajstić information content (AvgIpc) is 2.68.